The Balaban J connectivity index is 2.35. The summed E-state index contributed by atoms with van der Waals surface area (Å²) in [5.74, 6) is 1.09. The van der Waals surface area contributed by atoms with Crippen molar-refractivity contribution in [2.45, 2.75) is 52.6 Å². The first kappa shape index (κ1) is 15.8. The summed E-state index contributed by atoms with van der Waals surface area (Å²) in [5, 5.41) is 3.55. The van der Waals surface area contributed by atoms with Gasteiger partial charge in [0.15, 0.2) is 0 Å². The summed E-state index contributed by atoms with van der Waals surface area (Å²) in [6.45, 7) is 12.9. The van der Waals surface area contributed by atoms with E-state index in [0.717, 1.165) is 18.9 Å². The van der Waals surface area contributed by atoms with Crippen molar-refractivity contribution in [3.05, 3.63) is 53.6 Å². The minimum Gasteiger partial charge on any atom is -0.334 e. The van der Waals surface area contributed by atoms with E-state index in [-0.39, 0.29) is 11.5 Å². The molecule has 0 bridgehead atoms. The van der Waals surface area contributed by atoms with Gasteiger partial charge < -0.3 is 9.88 Å². The molecule has 1 N–H and O–H groups in total. The second-order valence-corrected chi connectivity index (χ2v) is 6.43. The second kappa shape index (κ2) is 6.44. The number of rotatable bonds is 5. The molecule has 1 aromatic heterocycles. The molecule has 21 heavy (non-hydrogen) atoms. The van der Waals surface area contributed by atoms with Crippen LogP contribution in [0.2, 0.25) is 0 Å². The minimum absolute atomic E-state index is 0.152. The summed E-state index contributed by atoms with van der Waals surface area (Å²) in [7, 11) is 0. The van der Waals surface area contributed by atoms with Crippen molar-refractivity contribution >= 4 is 0 Å². The van der Waals surface area contributed by atoms with Gasteiger partial charge in [0.05, 0.1) is 6.04 Å². The Morgan fingerprint density at radius 3 is 2.33 bits per heavy atom. The van der Waals surface area contributed by atoms with E-state index in [1.54, 1.807) is 0 Å². The molecule has 0 fully saturated rings. The largest absolute Gasteiger partial charge is 0.334 e. The molecule has 1 heterocycles. The molecule has 2 aromatic rings. The fourth-order valence-corrected chi connectivity index (χ4v) is 2.59. The van der Waals surface area contributed by atoms with Gasteiger partial charge in [-0.05, 0) is 30.0 Å². The third-order valence-electron chi connectivity index (χ3n) is 3.86. The van der Waals surface area contributed by atoms with Crippen LogP contribution in [0, 0.1) is 0 Å². The standard InChI is InChI=1S/C18H27N3/c1-6-19-16(17-20-12-13-21(17)7-2)14-8-10-15(11-9-14)18(3,4)5/h8-13,16,19H,6-7H2,1-5H3. The zero-order valence-electron chi connectivity index (χ0n) is 13.9. The highest BCUT2D eigenvalue weighted by Gasteiger charge is 2.19. The number of aromatic nitrogens is 2. The third kappa shape index (κ3) is 3.53. The monoisotopic (exact) mass is 285 g/mol. The summed E-state index contributed by atoms with van der Waals surface area (Å²) >= 11 is 0. The van der Waals surface area contributed by atoms with Gasteiger partial charge in [0, 0.05) is 18.9 Å². The molecule has 1 unspecified atom stereocenters. The van der Waals surface area contributed by atoms with Crippen LogP contribution in [0.4, 0.5) is 0 Å². The Bertz CT molecular complexity index is 561. The molecule has 0 aliphatic carbocycles. The van der Waals surface area contributed by atoms with Crippen molar-refractivity contribution in [2.24, 2.45) is 0 Å². The lowest BCUT2D eigenvalue weighted by atomic mass is 9.86. The first-order valence-electron chi connectivity index (χ1n) is 7.82. The molecular weight excluding hydrogens is 258 g/mol. The Kier molecular flexibility index (Phi) is 4.84. The van der Waals surface area contributed by atoms with E-state index in [1.807, 2.05) is 12.4 Å². The van der Waals surface area contributed by atoms with Crippen molar-refractivity contribution in [3.8, 4) is 0 Å². The lowest BCUT2D eigenvalue weighted by Crippen LogP contribution is -2.25. The van der Waals surface area contributed by atoms with Gasteiger partial charge in [-0.25, -0.2) is 4.98 Å². The first-order chi connectivity index (χ1) is 9.97. The van der Waals surface area contributed by atoms with Crippen LogP contribution in [0.5, 0.6) is 0 Å². The first-order valence-corrected chi connectivity index (χ1v) is 7.82. The van der Waals surface area contributed by atoms with Gasteiger partial charge in [0.25, 0.3) is 0 Å². The second-order valence-electron chi connectivity index (χ2n) is 6.43. The molecule has 0 radical (unpaired) electrons. The average Bonchev–Trinajstić information content (AvgIpc) is 2.92. The smallest absolute Gasteiger partial charge is 0.130 e. The molecule has 0 saturated heterocycles. The SMILES string of the molecule is CCNC(c1ccc(C(C)(C)C)cc1)c1nccn1CC. The van der Waals surface area contributed by atoms with E-state index in [0.29, 0.717) is 0 Å². The van der Waals surface area contributed by atoms with E-state index in [2.05, 4.69) is 73.8 Å². The Hall–Kier alpha value is -1.61. The predicted molar refractivity (Wildman–Crippen MR) is 88.6 cm³/mol. The van der Waals surface area contributed by atoms with Crippen molar-refractivity contribution in [1.82, 2.24) is 14.9 Å². The van der Waals surface area contributed by atoms with Crippen molar-refractivity contribution < 1.29 is 0 Å². The number of aryl methyl sites for hydroxylation is 1. The lowest BCUT2D eigenvalue weighted by Gasteiger charge is -2.22. The topological polar surface area (TPSA) is 29.9 Å². The van der Waals surface area contributed by atoms with Crippen LogP contribution in [-0.4, -0.2) is 16.1 Å². The Morgan fingerprint density at radius 2 is 1.81 bits per heavy atom. The van der Waals surface area contributed by atoms with Gasteiger partial charge in [-0.3, -0.25) is 0 Å². The van der Waals surface area contributed by atoms with Crippen LogP contribution in [-0.2, 0) is 12.0 Å². The van der Waals surface area contributed by atoms with E-state index in [4.69, 9.17) is 0 Å². The summed E-state index contributed by atoms with van der Waals surface area (Å²) < 4.78 is 2.20. The molecule has 1 aromatic carbocycles. The van der Waals surface area contributed by atoms with Crippen molar-refractivity contribution in [1.29, 1.82) is 0 Å². The maximum atomic E-state index is 4.55. The number of hydrogen-bond acceptors (Lipinski definition) is 2. The van der Waals surface area contributed by atoms with Gasteiger partial charge in [0.1, 0.15) is 5.82 Å². The summed E-state index contributed by atoms with van der Waals surface area (Å²) in [5.41, 5.74) is 2.82. The average molecular weight is 285 g/mol. The number of benzene rings is 1. The van der Waals surface area contributed by atoms with Crippen molar-refractivity contribution in [3.63, 3.8) is 0 Å². The van der Waals surface area contributed by atoms with Gasteiger partial charge in [-0.1, -0.05) is 52.0 Å². The Morgan fingerprint density at radius 1 is 1.14 bits per heavy atom. The minimum atomic E-state index is 0.152. The van der Waals surface area contributed by atoms with E-state index >= 15 is 0 Å². The van der Waals surface area contributed by atoms with Crippen LogP contribution in [0.1, 0.15) is 57.6 Å². The molecule has 0 saturated carbocycles. The van der Waals surface area contributed by atoms with E-state index < -0.39 is 0 Å². The fourth-order valence-electron chi connectivity index (χ4n) is 2.59. The number of imidazole rings is 1. The van der Waals surface area contributed by atoms with E-state index in [1.165, 1.54) is 11.1 Å². The van der Waals surface area contributed by atoms with E-state index in [9.17, 15) is 0 Å². The number of nitrogens with one attached hydrogen (secondary N) is 1. The molecule has 114 valence electrons. The molecular formula is C18H27N3. The van der Waals surface area contributed by atoms with Crippen LogP contribution in [0.25, 0.3) is 0 Å². The quantitative estimate of drug-likeness (QED) is 0.903. The van der Waals surface area contributed by atoms with Crippen LogP contribution < -0.4 is 5.32 Å². The number of nitrogens with zero attached hydrogens (tertiary/aromatic N) is 2. The van der Waals surface area contributed by atoms with Gasteiger partial charge in [-0.2, -0.15) is 0 Å². The van der Waals surface area contributed by atoms with Crippen LogP contribution in [0.15, 0.2) is 36.7 Å². The Labute approximate surface area is 128 Å². The predicted octanol–water partition coefficient (Wildman–Crippen LogP) is 3.90. The highest BCUT2D eigenvalue weighted by Crippen LogP contribution is 2.26. The van der Waals surface area contributed by atoms with Crippen LogP contribution >= 0.6 is 0 Å². The molecule has 0 aliphatic heterocycles. The normalized spacial score (nSPS) is 13.4. The maximum absolute atomic E-state index is 4.55. The summed E-state index contributed by atoms with van der Waals surface area (Å²) in [6.07, 6.45) is 3.93. The third-order valence-corrected chi connectivity index (χ3v) is 3.86. The van der Waals surface area contributed by atoms with Crippen LogP contribution in [0.3, 0.4) is 0 Å². The van der Waals surface area contributed by atoms with Gasteiger partial charge >= 0.3 is 0 Å². The molecule has 0 spiro atoms. The summed E-state index contributed by atoms with van der Waals surface area (Å²) in [6, 6.07) is 9.07. The fraction of sp³-hybridized carbons (Fsp3) is 0.500. The van der Waals surface area contributed by atoms with Gasteiger partial charge in [-0.15, -0.1) is 0 Å². The highest BCUT2D eigenvalue weighted by molar-refractivity contribution is 5.32. The zero-order chi connectivity index (χ0) is 15.5. The molecule has 0 amide bonds. The van der Waals surface area contributed by atoms with Crippen molar-refractivity contribution in [2.75, 3.05) is 6.54 Å². The zero-order valence-corrected chi connectivity index (χ0v) is 13.9. The molecule has 1 atom stereocenters. The number of hydrogen-bond donors (Lipinski definition) is 1. The van der Waals surface area contributed by atoms with Gasteiger partial charge in [0.2, 0.25) is 0 Å². The molecule has 0 aliphatic rings. The lowest BCUT2D eigenvalue weighted by molar-refractivity contribution is 0.556. The maximum Gasteiger partial charge on any atom is 0.130 e. The molecule has 3 nitrogen and oxygen atoms in total. The molecule has 3 heteroatoms. The molecule has 2 rings (SSSR count). The highest BCUT2D eigenvalue weighted by atomic mass is 15.1. The summed E-state index contributed by atoms with van der Waals surface area (Å²) in [4.78, 5) is 4.55.